The maximum Gasteiger partial charge on any atom is 0.280 e. The molecule has 2 heterocycles. The molecule has 0 spiro atoms. The monoisotopic (exact) mass is 309 g/mol. The third-order valence-corrected chi connectivity index (χ3v) is 3.63. The molecule has 0 fully saturated rings. The number of hydrogen-bond acceptors (Lipinski definition) is 4. The first-order chi connectivity index (χ1) is 11.1. The summed E-state index contributed by atoms with van der Waals surface area (Å²) in [6, 6.07) is 10.6. The molecule has 0 saturated heterocycles. The van der Waals surface area contributed by atoms with Gasteiger partial charge >= 0.3 is 0 Å². The predicted molar refractivity (Wildman–Crippen MR) is 84.0 cm³/mol. The Morgan fingerprint density at radius 1 is 1.13 bits per heavy atom. The van der Waals surface area contributed by atoms with Crippen molar-refractivity contribution < 1.29 is 14.4 Å². The van der Waals surface area contributed by atoms with E-state index in [1.807, 2.05) is 19.1 Å². The quantitative estimate of drug-likeness (QED) is 0.876. The molecule has 0 saturated carbocycles. The molecular formula is C17H15N3O3. The van der Waals surface area contributed by atoms with Crippen LogP contribution < -0.4 is 5.32 Å². The molecule has 1 aliphatic heterocycles. The number of aryl methyl sites for hydroxylation is 1. The van der Waals surface area contributed by atoms with E-state index in [0.717, 1.165) is 10.5 Å². The van der Waals surface area contributed by atoms with E-state index in [0.29, 0.717) is 5.69 Å². The third kappa shape index (κ3) is 2.96. The standard InChI is InChI=1S/C17H15N3O3/c1-11-4-6-12(7-5-11)19-14(21)8-10-20-16(22)13-3-2-9-18-15(13)17(20)23/h2-7,9H,8,10H2,1H3,(H,19,21). The van der Waals surface area contributed by atoms with Gasteiger partial charge in [-0.3, -0.25) is 24.3 Å². The number of nitrogens with one attached hydrogen (secondary N) is 1. The van der Waals surface area contributed by atoms with Gasteiger partial charge in [0.05, 0.1) is 5.56 Å². The summed E-state index contributed by atoms with van der Waals surface area (Å²) in [7, 11) is 0. The van der Waals surface area contributed by atoms with Crippen LogP contribution >= 0.6 is 0 Å². The van der Waals surface area contributed by atoms with Crippen LogP contribution in [0.25, 0.3) is 0 Å². The minimum Gasteiger partial charge on any atom is -0.326 e. The highest BCUT2D eigenvalue weighted by Gasteiger charge is 2.36. The molecule has 1 aromatic carbocycles. The lowest BCUT2D eigenvalue weighted by Crippen LogP contribution is -2.33. The third-order valence-electron chi connectivity index (χ3n) is 3.63. The summed E-state index contributed by atoms with van der Waals surface area (Å²) in [5.74, 6) is -1.10. The summed E-state index contributed by atoms with van der Waals surface area (Å²) in [6.45, 7) is 1.99. The van der Waals surface area contributed by atoms with Crippen molar-refractivity contribution in [2.24, 2.45) is 0 Å². The summed E-state index contributed by atoms with van der Waals surface area (Å²) in [5, 5.41) is 2.74. The summed E-state index contributed by atoms with van der Waals surface area (Å²) in [6.07, 6.45) is 1.51. The maximum absolute atomic E-state index is 12.1. The van der Waals surface area contributed by atoms with Crippen LogP contribution in [0.1, 0.15) is 32.8 Å². The predicted octanol–water partition coefficient (Wildman–Crippen LogP) is 2.01. The SMILES string of the molecule is Cc1ccc(NC(=O)CCN2C(=O)c3cccnc3C2=O)cc1. The number of rotatable bonds is 4. The second-order valence-electron chi connectivity index (χ2n) is 5.33. The van der Waals surface area contributed by atoms with E-state index in [9.17, 15) is 14.4 Å². The van der Waals surface area contributed by atoms with Crippen molar-refractivity contribution in [1.29, 1.82) is 0 Å². The van der Waals surface area contributed by atoms with Crippen LogP contribution in [0.3, 0.4) is 0 Å². The lowest BCUT2D eigenvalue weighted by Gasteiger charge is -2.13. The molecule has 0 aliphatic carbocycles. The number of anilines is 1. The van der Waals surface area contributed by atoms with Crippen molar-refractivity contribution >= 4 is 23.4 Å². The molecule has 0 atom stereocenters. The molecular weight excluding hydrogens is 294 g/mol. The number of aromatic nitrogens is 1. The molecule has 1 aromatic heterocycles. The zero-order chi connectivity index (χ0) is 16.4. The Labute approximate surface area is 133 Å². The Balaban J connectivity index is 1.61. The average molecular weight is 309 g/mol. The van der Waals surface area contributed by atoms with Crippen LogP contribution in [0.5, 0.6) is 0 Å². The smallest absolute Gasteiger partial charge is 0.280 e. The Bertz CT molecular complexity index is 749. The molecule has 1 aliphatic rings. The molecule has 6 nitrogen and oxygen atoms in total. The summed E-state index contributed by atoms with van der Waals surface area (Å²) < 4.78 is 0. The first kappa shape index (κ1) is 14.9. The molecule has 23 heavy (non-hydrogen) atoms. The Kier molecular flexibility index (Phi) is 3.89. The van der Waals surface area contributed by atoms with Crippen LogP contribution in [0.4, 0.5) is 5.69 Å². The van der Waals surface area contributed by atoms with E-state index in [2.05, 4.69) is 10.3 Å². The van der Waals surface area contributed by atoms with Crippen molar-refractivity contribution in [2.45, 2.75) is 13.3 Å². The van der Waals surface area contributed by atoms with E-state index < -0.39 is 11.8 Å². The number of amides is 3. The van der Waals surface area contributed by atoms with E-state index >= 15 is 0 Å². The van der Waals surface area contributed by atoms with E-state index in [1.165, 1.54) is 6.20 Å². The highest BCUT2D eigenvalue weighted by molar-refractivity contribution is 6.20. The van der Waals surface area contributed by atoms with Gasteiger partial charge in [0.25, 0.3) is 11.8 Å². The molecule has 6 heteroatoms. The normalized spacial score (nSPS) is 13.2. The second-order valence-corrected chi connectivity index (χ2v) is 5.33. The van der Waals surface area contributed by atoms with Gasteiger partial charge in [-0.2, -0.15) is 0 Å². The van der Waals surface area contributed by atoms with Gasteiger partial charge in [-0.1, -0.05) is 17.7 Å². The minimum atomic E-state index is -0.450. The Morgan fingerprint density at radius 2 is 1.87 bits per heavy atom. The van der Waals surface area contributed by atoms with Crippen LogP contribution in [0.2, 0.25) is 0 Å². The van der Waals surface area contributed by atoms with Gasteiger partial charge in [0.2, 0.25) is 5.91 Å². The lowest BCUT2D eigenvalue weighted by atomic mass is 10.2. The summed E-state index contributed by atoms with van der Waals surface area (Å²) in [5.41, 5.74) is 2.22. The zero-order valence-corrected chi connectivity index (χ0v) is 12.6. The van der Waals surface area contributed by atoms with Crippen LogP contribution in [0, 0.1) is 6.92 Å². The van der Waals surface area contributed by atoms with E-state index in [4.69, 9.17) is 0 Å². The fourth-order valence-corrected chi connectivity index (χ4v) is 2.39. The molecule has 0 unspecified atom stereocenters. The molecule has 0 radical (unpaired) electrons. The summed E-state index contributed by atoms with van der Waals surface area (Å²) in [4.78, 5) is 41.2. The van der Waals surface area contributed by atoms with Gasteiger partial charge in [-0.05, 0) is 31.2 Å². The number of carbonyl (C=O) groups is 3. The lowest BCUT2D eigenvalue weighted by molar-refractivity contribution is -0.116. The first-order valence-electron chi connectivity index (χ1n) is 7.24. The fraction of sp³-hybridized carbons (Fsp3) is 0.176. The Morgan fingerprint density at radius 3 is 2.57 bits per heavy atom. The number of nitrogens with zero attached hydrogens (tertiary/aromatic N) is 2. The van der Waals surface area contributed by atoms with Crippen molar-refractivity contribution in [2.75, 3.05) is 11.9 Å². The number of hydrogen-bond donors (Lipinski definition) is 1. The molecule has 2 aromatic rings. The first-order valence-corrected chi connectivity index (χ1v) is 7.24. The van der Waals surface area contributed by atoms with E-state index in [-0.39, 0.29) is 30.1 Å². The van der Waals surface area contributed by atoms with Gasteiger partial charge in [-0.25, -0.2) is 0 Å². The highest BCUT2D eigenvalue weighted by Crippen LogP contribution is 2.20. The molecule has 1 N–H and O–H groups in total. The molecule has 116 valence electrons. The van der Waals surface area contributed by atoms with Crippen molar-refractivity contribution in [3.8, 4) is 0 Å². The number of carbonyl (C=O) groups excluding carboxylic acids is 3. The van der Waals surface area contributed by atoms with Crippen molar-refractivity contribution in [3.63, 3.8) is 0 Å². The van der Waals surface area contributed by atoms with Crippen LogP contribution in [-0.2, 0) is 4.79 Å². The zero-order valence-electron chi connectivity index (χ0n) is 12.6. The number of fused-ring (bicyclic) bond motifs is 1. The fourth-order valence-electron chi connectivity index (χ4n) is 2.39. The van der Waals surface area contributed by atoms with Gasteiger partial charge in [0.1, 0.15) is 5.69 Å². The van der Waals surface area contributed by atoms with Gasteiger partial charge in [0.15, 0.2) is 0 Å². The topological polar surface area (TPSA) is 79.4 Å². The minimum absolute atomic E-state index is 0.0335. The molecule has 3 rings (SSSR count). The largest absolute Gasteiger partial charge is 0.326 e. The maximum atomic E-state index is 12.1. The second kappa shape index (κ2) is 6.00. The van der Waals surface area contributed by atoms with Gasteiger partial charge < -0.3 is 5.32 Å². The molecule has 0 bridgehead atoms. The summed E-state index contributed by atoms with van der Waals surface area (Å²) >= 11 is 0. The molecule has 3 amide bonds. The number of imide groups is 1. The van der Waals surface area contributed by atoms with Gasteiger partial charge in [0, 0.05) is 24.8 Å². The average Bonchev–Trinajstić information content (AvgIpc) is 2.80. The highest BCUT2D eigenvalue weighted by atomic mass is 16.2. The van der Waals surface area contributed by atoms with Crippen LogP contribution in [-0.4, -0.2) is 34.2 Å². The number of pyridine rings is 1. The van der Waals surface area contributed by atoms with E-state index in [1.54, 1.807) is 24.3 Å². The Hall–Kier alpha value is -3.02. The van der Waals surface area contributed by atoms with Gasteiger partial charge in [-0.15, -0.1) is 0 Å². The number of benzene rings is 1. The van der Waals surface area contributed by atoms with Crippen molar-refractivity contribution in [1.82, 2.24) is 9.88 Å². The van der Waals surface area contributed by atoms with Crippen LogP contribution in [0.15, 0.2) is 42.6 Å². The van der Waals surface area contributed by atoms with Crippen molar-refractivity contribution in [3.05, 3.63) is 59.4 Å².